The molecule has 134 valence electrons. The maximum absolute atomic E-state index is 12.9. The number of aryl methyl sites for hydroxylation is 1. The monoisotopic (exact) mass is 343 g/mol. The summed E-state index contributed by atoms with van der Waals surface area (Å²) in [7, 11) is 2.18. The summed E-state index contributed by atoms with van der Waals surface area (Å²) in [5.74, 6) is 1.88. The normalized spacial score (nSPS) is 24.3. The molecule has 0 radical (unpaired) electrons. The Balaban J connectivity index is 1.48. The summed E-state index contributed by atoms with van der Waals surface area (Å²) in [6.07, 6.45) is 6.51. The molecule has 25 heavy (non-hydrogen) atoms. The fraction of sp³-hybridized carbons (Fsp3) is 0.579. The van der Waals surface area contributed by atoms with E-state index in [2.05, 4.69) is 21.8 Å². The molecular formula is C19H25N3O3. The van der Waals surface area contributed by atoms with Crippen molar-refractivity contribution in [2.24, 2.45) is 0 Å². The third-order valence-corrected chi connectivity index (χ3v) is 5.58. The molecule has 2 aliphatic rings. The molecule has 4 heterocycles. The van der Waals surface area contributed by atoms with Crippen LogP contribution < -0.4 is 0 Å². The van der Waals surface area contributed by atoms with E-state index in [-0.39, 0.29) is 5.91 Å². The molecule has 2 saturated heterocycles. The van der Waals surface area contributed by atoms with Gasteiger partial charge in [-0.15, -0.1) is 0 Å². The topological polar surface area (TPSA) is 62.7 Å². The molecule has 0 unspecified atom stereocenters. The van der Waals surface area contributed by atoms with Gasteiger partial charge in [0.2, 0.25) is 5.91 Å². The Kier molecular flexibility index (Phi) is 4.37. The standard InChI is InChI=1S/C19H25N3O3/c1-13-14(20-19(25-13)17-8-5-11-24-17)12-18(23)22-10-4-7-16(22)15-6-3-9-21(15)2/h5,8,11,15-16H,3-4,6-7,9-10,12H2,1-2H3/t15-,16+/m1/s1. The number of hydrogen-bond donors (Lipinski definition) is 0. The van der Waals surface area contributed by atoms with Gasteiger partial charge >= 0.3 is 0 Å². The minimum Gasteiger partial charge on any atom is -0.459 e. The molecule has 2 fully saturated rings. The van der Waals surface area contributed by atoms with Crippen LogP contribution in [0.4, 0.5) is 0 Å². The number of rotatable bonds is 4. The first-order valence-corrected chi connectivity index (χ1v) is 9.13. The average molecular weight is 343 g/mol. The van der Waals surface area contributed by atoms with Crippen molar-refractivity contribution in [3.05, 3.63) is 29.9 Å². The highest BCUT2D eigenvalue weighted by atomic mass is 16.4. The fourth-order valence-electron chi connectivity index (χ4n) is 4.27. The van der Waals surface area contributed by atoms with E-state index in [4.69, 9.17) is 8.83 Å². The second kappa shape index (κ2) is 6.67. The lowest BCUT2D eigenvalue weighted by Crippen LogP contribution is -2.47. The smallest absolute Gasteiger partial charge is 0.263 e. The second-order valence-electron chi connectivity index (χ2n) is 7.16. The molecule has 0 N–H and O–H groups in total. The molecule has 0 spiro atoms. The number of likely N-dealkylation sites (tertiary alicyclic amines) is 2. The zero-order valence-corrected chi connectivity index (χ0v) is 14.9. The molecule has 0 aromatic carbocycles. The van der Waals surface area contributed by atoms with Crippen LogP contribution in [0, 0.1) is 6.92 Å². The van der Waals surface area contributed by atoms with E-state index in [0.29, 0.717) is 41.6 Å². The molecule has 0 bridgehead atoms. The summed E-state index contributed by atoms with van der Waals surface area (Å²) in [6, 6.07) is 4.45. The zero-order valence-electron chi connectivity index (χ0n) is 14.9. The van der Waals surface area contributed by atoms with Crippen LogP contribution in [0.25, 0.3) is 11.7 Å². The lowest BCUT2D eigenvalue weighted by molar-refractivity contribution is -0.132. The molecule has 1 amide bonds. The van der Waals surface area contributed by atoms with Gasteiger partial charge < -0.3 is 18.6 Å². The Labute approximate surface area is 147 Å². The van der Waals surface area contributed by atoms with Gasteiger partial charge in [0.15, 0.2) is 5.76 Å². The summed E-state index contributed by atoms with van der Waals surface area (Å²) in [5.41, 5.74) is 0.710. The van der Waals surface area contributed by atoms with Crippen LogP contribution in [0.2, 0.25) is 0 Å². The maximum atomic E-state index is 12.9. The molecule has 2 aromatic rings. The predicted molar refractivity (Wildman–Crippen MR) is 93.0 cm³/mol. The minimum absolute atomic E-state index is 0.158. The van der Waals surface area contributed by atoms with Gasteiger partial charge in [-0.1, -0.05) is 0 Å². The Morgan fingerprint density at radius 1 is 1.28 bits per heavy atom. The van der Waals surface area contributed by atoms with Crippen molar-refractivity contribution in [1.82, 2.24) is 14.8 Å². The third kappa shape index (κ3) is 3.11. The Morgan fingerprint density at radius 3 is 2.80 bits per heavy atom. The van der Waals surface area contributed by atoms with Crippen LogP contribution in [0.15, 0.2) is 27.2 Å². The zero-order chi connectivity index (χ0) is 17.4. The van der Waals surface area contributed by atoms with Gasteiger partial charge in [-0.25, -0.2) is 4.98 Å². The number of furan rings is 1. The quantitative estimate of drug-likeness (QED) is 0.854. The molecule has 6 nitrogen and oxygen atoms in total. The van der Waals surface area contributed by atoms with Crippen LogP contribution >= 0.6 is 0 Å². The lowest BCUT2D eigenvalue weighted by Gasteiger charge is -2.33. The Hall–Kier alpha value is -2.08. The first kappa shape index (κ1) is 16.4. The number of carbonyl (C=O) groups excluding carboxylic acids is 1. The van der Waals surface area contributed by atoms with E-state index >= 15 is 0 Å². The van der Waals surface area contributed by atoms with Gasteiger partial charge in [0.25, 0.3) is 5.89 Å². The van der Waals surface area contributed by atoms with Crippen molar-refractivity contribution >= 4 is 5.91 Å². The van der Waals surface area contributed by atoms with Crippen molar-refractivity contribution in [1.29, 1.82) is 0 Å². The maximum Gasteiger partial charge on any atom is 0.263 e. The molecule has 2 aromatic heterocycles. The molecule has 0 saturated carbocycles. The van der Waals surface area contributed by atoms with Gasteiger partial charge in [0.05, 0.1) is 18.4 Å². The number of carbonyl (C=O) groups is 1. The summed E-state index contributed by atoms with van der Waals surface area (Å²) >= 11 is 0. The first-order valence-electron chi connectivity index (χ1n) is 9.13. The van der Waals surface area contributed by atoms with Crippen LogP contribution in [0.5, 0.6) is 0 Å². The van der Waals surface area contributed by atoms with Crippen molar-refractivity contribution in [3.63, 3.8) is 0 Å². The van der Waals surface area contributed by atoms with Crippen LogP contribution in [0.3, 0.4) is 0 Å². The number of likely N-dealkylation sites (N-methyl/N-ethyl adjacent to an activating group) is 1. The largest absolute Gasteiger partial charge is 0.459 e. The summed E-state index contributed by atoms with van der Waals surface area (Å²) in [5, 5.41) is 0. The molecule has 0 aliphatic carbocycles. The molecule has 2 atom stereocenters. The lowest BCUT2D eigenvalue weighted by atomic mass is 10.0. The molecule has 2 aliphatic heterocycles. The van der Waals surface area contributed by atoms with Crippen LogP contribution in [-0.2, 0) is 11.2 Å². The predicted octanol–water partition coefficient (Wildman–Crippen LogP) is 2.87. The number of amides is 1. The first-order chi connectivity index (χ1) is 12.1. The highest BCUT2D eigenvalue weighted by Crippen LogP contribution is 2.30. The van der Waals surface area contributed by atoms with Crippen LogP contribution in [-0.4, -0.2) is 52.9 Å². The third-order valence-electron chi connectivity index (χ3n) is 5.58. The number of nitrogens with zero attached hydrogens (tertiary/aromatic N) is 3. The Morgan fingerprint density at radius 2 is 2.08 bits per heavy atom. The molecule has 4 rings (SSSR count). The summed E-state index contributed by atoms with van der Waals surface area (Å²) < 4.78 is 11.0. The van der Waals surface area contributed by atoms with Gasteiger partial charge in [0.1, 0.15) is 5.76 Å². The highest BCUT2D eigenvalue weighted by Gasteiger charge is 2.38. The minimum atomic E-state index is 0.158. The summed E-state index contributed by atoms with van der Waals surface area (Å²) in [6.45, 7) is 3.85. The number of aromatic nitrogens is 1. The SMILES string of the molecule is Cc1oc(-c2ccco2)nc1CC(=O)N1CCC[C@H]1[C@H]1CCCN1C. The summed E-state index contributed by atoms with van der Waals surface area (Å²) in [4.78, 5) is 21.9. The van der Waals surface area contributed by atoms with Gasteiger partial charge in [-0.3, -0.25) is 4.79 Å². The van der Waals surface area contributed by atoms with Crippen molar-refractivity contribution in [2.45, 2.75) is 51.1 Å². The van der Waals surface area contributed by atoms with E-state index in [1.165, 1.54) is 12.8 Å². The van der Waals surface area contributed by atoms with E-state index < -0.39 is 0 Å². The Bertz CT molecular complexity index is 737. The fourth-order valence-corrected chi connectivity index (χ4v) is 4.27. The van der Waals surface area contributed by atoms with E-state index in [9.17, 15) is 4.79 Å². The number of hydrogen-bond acceptors (Lipinski definition) is 5. The molecular weight excluding hydrogens is 318 g/mol. The van der Waals surface area contributed by atoms with Gasteiger partial charge in [0, 0.05) is 18.6 Å². The number of oxazole rings is 1. The second-order valence-corrected chi connectivity index (χ2v) is 7.16. The van der Waals surface area contributed by atoms with Gasteiger partial charge in [-0.2, -0.15) is 0 Å². The van der Waals surface area contributed by atoms with Crippen molar-refractivity contribution < 1.29 is 13.6 Å². The van der Waals surface area contributed by atoms with Gasteiger partial charge in [-0.05, 0) is 58.3 Å². The molecule has 6 heteroatoms. The van der Waals surface area contributed by atoms with E-state index in [0.717, 1.165) is 25.9 Å². The van der Waals surface area contributed by atoms with E-state index in [1.807, 2.05) is 13.0 Å². The van der Waals surface area contributed by atoms with Crippen molar-refractivity contribution in [2.75, 3.05) is 20.1 Å². The highest BCUT2D eigenvalue weighted by molar-refractivity contribution is 5.79. The van der Waals surface area contributed by atoms with E-state index in [1.54, 1.807) is 12.3 Å². The van der Waals surface area contributed by atoms with Crippen molar-refractivity contribution in [3.8, 4) is 11.7 Å². The average Bonchev–Trinajstić information content (AvgIpc) is 3.34. The van der Waals surface area contributed by atoms with Crippen LogP contribution in [0.1, 0.15) is 37.1 Å².